The van der Waals surface area contributed by atoms with Crippen molar-refractivity contribution in [2.24, 2.45) is 17.8 Å². The van der Waals surface area contributed by atoms with Gasteiger partial charge in [-0.1, -0.05) is 6.92 Å². The highest BCUT2D eigenvalue weighted by atomic mass is 16.5. The van der Waals surface area contributed by atoms with Crippen LogP contribution in [0, 0.1) is 17.8 Å². The van der Waals surface area contributed by atoms with Gasteiger partial charge in [-0.2, -0.15) is 0 Å². The maximum Gasteiger partial charge on any atom is 0.0717 e. The van der Waals surface area contributed by atoms with Crippen molar-refractivity contribution in [1.82, 2.24) is 4.90 Å². The maximum absolute atomic E-state index is 10.00. The Morgan fingerprint density at radius 2 is 2.27 bits per heavy atom. The summed E-state index contributed by atoms with van der Waals surface area (Å²) in [6.07, 6.45) is 2.19. The second-order valence-corrected chi connectivity index (χ2v) is 5.39. The van der Waals surface area contributed by atoms with Crippen molar-refractivity contribution in [2.75, 3.05) is 33.4 Å². The highest BCUT2D eigenvalue weighted by Crippen LogP contribution is 2.38. The number of likely N-dealkylation sites (N-methyl/N-ethyl adjacent to an activating group) is 1. The molecule has 1 aliphatic heterocycles. The molecule has 1 N–H and O–H groups in total. The lowest BCUT2D eigenvalue weighted by molar-refractivity contribution is 0.0619. The molecule has 1 aliphatic carbocycles. The Kier molecular flexibility index (Phi) is 3.65. The zero-order valence-corrected chi connectivity index (χ0v) is 9.85. The highest BCUT2D eigenvalue weighted by Gasteiger charge is 2.34. The summed E-state index contributed by atoms with van der Waals surface area (Å²) in [4.78, 5) is 2.27. The molecule has 0 aromatic rings. The van der Waals surface area contributed by atoms with Crippen molar-refractivity contribution in [1.29, 1.82) is 0 Å². The van der Waals surface area contributed by atoms with Crippen LogP contribution in [0.5, 0.6) is 0 Å². The summed E-state index contributed by atoms with van der Waals surface area (Å²) in [5.41, 5.74) is 0. The molecule has 2 aliphatic rings. The van der Waals surface area contributed by atoms with Gasteiger partial charge in [-0.05, 0) is 31.7 Å². The lowest BCUT2D eigenvalue weighted by atomic mass is 10.0. The Morgan fingerprint density at radius 3 is 2.80 bits per heavy atom. The Balaban J connectivity index is 1.66. The van der Waals surface area contributed by atoms with E-state index < -0.39 is 0 Å². The molecule has 4 atom stereocenters. The maximum atomic E-state index is 10.00. The van der Waals surface area contributed by atoms with Gasteiger partial charge in [0.1, 0.15) is 0 Å². The molecule has 1 saturated carbocycles. The fourth-order valence-corrected chi connectivity index (χ4v) is 2.45. The number of aliphatic hydroxyl groups is 1. The predicted molar refractivity (Wildman–Crippen MR) is 59.7 cm³/mol. The topological polar surface area (TPSA) is 32.7 Å². The van der Waals surface area contributed by atoms with Gasteiger partial charge in [0.05, 0.1) is 12.7 Å². The van der Waals surface area contributed by atoms with Crippen LogP contribution in [0.1, 0.15) is 19.8 Å². The third kappa shape index (κ3) is 3.16. The number of hydrogen-bond acceptors (Lipinski definition) is 3. The van der Waals surface area contributed by atoms with Gasteiger partial charge in [-0.25, -0.2) is 0 Å². The number of hydrogen-bond donors (Lipinski definition) is 1. The Bertz CT molecular complexity index is 204. The van der Waals surface area contributed by atoms with Gasteiger partial charge in [0.2, 0.25) is 0 Å². The molecule has 1 heterocycles. The summed E-state index contributed by atoms with van der Waals surface area (Å²) in [7, 11) is 2.12. The number of nitrogens with zero attached hydrogens (tertiary/aromatic N) is 1. The molecular weight excluding hydrogens is 190 g/mol. The molecule has 0 bridgehead atoms. The third-order valence-corrected chi connectivity index (χ3v) is 3.83. The van der Waals surface area contributed by atoms with Crippen LogP contribution >= 0.6 is 0 Å². The van der Waals surface area contributed by atoms with Crippen molar-refractivity contribution in [3.05, 3.63) is 0 Å². The second kappa shape index (κ2) is 4.81. The Labute approximate surface area is 92.4 Å². The van der Waals surface area contributed by atoms with E-state index in [1.165, 1.54) is 6.42 Å². The average molecular weight is 213 g/mol. The molecule has 0 aromatic heterocycles. The molecule has 0 amide bonds. The zero-order valence-electron chi connectivity index (χ0n) is 9.85. The van der Waals surface area contributed by atoms with E-state index in [9.17, 15) is 5.11 Å². The first-order valence-electron chi connectivity index (χ1n) is 6.11. The van der Waals surface area contributed by atoms with Crippen LogP contribution in [-0.4, -0.2) is 49.5 Å². The Morgan fingerprint density at radius 1 is 1.53 bits per heavy atom. The van der Waals surface area contributed by atoms with Crippen LogP contribution in [0.4, 0.5) is 0 Å². The standard InChI is InChI=1S/C12H23NO2/c1-9-5-11(9)6-13(2)7-12(14)10-3-4-15-8-10/h9-12,14H,3-8H2,1-2H3. The van der Waals surface area contributed by atoms with E-state index in [4.69, 9.17) is 4.74 Å². The Hall–Kier alpha value is -0.120. The summed E-state index contributed by atoms with van der Waals surface area (Å²) in [5.74, 6) is 2.14. The smallest absolute Gasteiger partial charge is 0.0717 e. The number of aliphatic hydroxyl groups excluding tert-OH is 1. The van der Waals surface area contributed by atoms with Crippen molar-refractivity contribution in [3.8, 4) is 0 Å². The minimum atomic E-state index is -0.202. The minimum absolute atomic E-state index is 0.202. The van der Waals surface area contributed by atoms with Gasteiger partial charge >= 0.3 is 0 Å². The van der Waals surface area contributed by atoms with E-state index in [0.717, 1.165) is 44.6 Å². The van der Waals surface area contributed by atoms with Gasteiger partial charge in [-0.3, -0.25) is 0 Å². The first-order chi connectivity index (χ1) is 7.16. The first kappa shape index (κ1) is 11.4. The molecule has 3 nitrogen and oxygen atoms in total. The fraction of sp³-hybridized carbons (Fsp3) is 1.00. The van der Waals surface area contributed by atoms with E-state index in [-0.39, 0.29) is 6.10 Å². The molecule has 0 spiro atoms. The van der Waals surface area contributed by atoms with Gasteiger partial charge in [-0.15, -0.1) is 0 Å². The molecule has 88 valence electrons. The summed E-state index contributed by atoms with van der Waals surface area (Å²) in [5, 5.41) is 10.00. The lowest BCUT2D eigenvalue weighted by Gasteiger charge is -2.23. The summed E-state index contributed by atoms with van der Waals surface area (Å²) < 4.78 is 5.29. The molecule has 0 radical (unpaired) electrons. The summed E-state index contributed by atoms with van der Waals surface area (Å²) in [6, 6.07) is 0. The molecule has 4 unspecified atom stereocenters. The summed E-state index contributed by atoms with van der Waals surface area (Å²) >= 11 is 0. The van der Waals surface area contributed by atoms with Crippen LogP contribution in [0.15, 0.2) is 0 Å². The number of rotatable bonds is 5. The molecular formula is C12H23NO2. The van der Waals surface area contributed by atoms with Crippen LogP contribution < -0.4 is 0 Å². The zero-order chi connectivity index (χ0) is 10.8. The van der Waals surface area contributed by atoms with Gasteiger partial charge in [0.25, 0.3) is 0 Å². The van der Waals surface area contributed by atoms with Crippen LogP contribution in [-0.2, 0) is 4.74 Å². The SMILES string of the molecule is CC1CC1CN(C)CC(O)C1CCOC1. The van der Waals surface area contributed by atoms with Crippen LogP contribution in [0.3, 0.4) is 0 Å². The molecule has 1 saturated heterocycles. The van der Waals surface area contributed by atoms with Gasteiger partial charge in [0, 0.05) is 25.6 Å². The molecule has 3 heteroatoms. The quantitative estimate of drug-likeness (QED) is 0.738. The lowest BCUT2D eigenvalue weighted by Crippen LogP contribution is -2.35. The van der Waals surface area contributed by atoms with Crippen molar-refractivity contribution < 1.29 is 9.84 Å². The van der Waals surface area contributed by atoms with Gasteiger partial charge < -0.3 is 14.7 Å². The van der Waals surface area contributed by atoms with Crippen LogP contribution in [0.25, 0.3) is 0 Å². The largest absolute Gasteiger partial charge is 0.391 e. The third-order valence-electron chi connectivity index (χ3n) is 3.83. The average Bonchev–Trinajstić information content (AvgIpc) is 2.73. The molecule has 15 heavy (non-hydrogen) atoms. The molecule has 0 aromatic carbocycles. The fourth-order valence-electron chi connectivity index (χ4n) is 2.45. The second-order valence-electron chi connectivity index (χ2n) is 5.39. The highest BCUT2D eigenvalue weighted by molar-refractivity contribution is 4.85. The van der Waals surface area contributed by atoms with Crippen molar-refractivity contribution in [2.45, 2.75) is 25.9 Å². The van der Waals surface area contributed by atoms with E-state index >= 15 is 0 Å². The molecule has 2 fully saturated rings. The monoisotopic (exact) mass is 213 g/mol. The van der Waals surface area contributed by atoms with E-state index in [2.05, 4.69) is 18.9 Å². The van der Waals surface area contributed by atoms with Crippen LogP contribution in [0.2, 0.25) is 0 Å². The van der Waals surface area contributed by atoms with Crippen molar-refractivity contribution >= 4 is 0 Å². The van der Waals surface area contributed by atoms with E-state index in [1.807, 2.05) is 0 Å². The normalized spacial score (nSPS) is 37.2. The van der Waals surface area contributed by atoms with E-state index in [1.54, 1.807) is 0 Å². The van der Waals surface area contributed by atoms with Gasteiger partial charge in [0.15, 0.2) is 0 Å². The van der Waals surface area contributed by atoms with Crippen molar-refractivity contribution in [3.63, 3.8) is 0 Å². The predicted octanol–water partition coefficient (Wildman–Crippen LogP) is 0.972. The van der Waals surface area contributed by atoms with E-state index in [0.29, 0.717) is 5.92 Å². The molecule has 2 rings (SSSR count). The summed E-state index contributed by atoms with van der Waals surface area (Å²) in [6.45, 7) is 5.82. The number of ether oxygens (including phenoxy) is 1. The first-order valence-corrected chi connectivity index (χ1v) is 6.11. The minimum Gasteiger partial charge on any atom is -0.391 e.